The summed E-state index contributed by atoms with van der Waals surface area (Å²) in [7, 11) is 3.19. The first-order chi connectivity index (χ1) is 13.1. The highest BCUT2D eigenvalue weighted by molar-refractivity contribution is 6.04. The lowest BCUT2D eigenvalue weighted by Gasteiger charge is -2.12. The van der Waals surface area contributed by atoms with Gasteiger partial charge < -0.3 is 14.2 Å². The van der Waals surface area contributed by atoms with E-state index in [-0.39, 0.29) is 5.91 Å². The number of methoxy groups -OCH3 is 2. The second-order valence-corrected chi connectivity index (χ2v) is 5.79. The van der Waals surface area contributed by atoms with Crippen molar-refractivity contribution < 1.29 is 19.0 Å². The van der Waals surface area contributed by atoms with Crippen molar-refractivity contribution in [1.82, 2.24) is 5.43 Å². The Labute approximate surface area is 160 Å². The van der Waals surface area contributed by atoms with E-state index < -0.39 is 0 Å². The van der Waals surface area contributed by atoms with Gasteiger partial charge >= 0.3 is 0 Å². The zero-order valence-electron chi connectivity index (χ0n) is 16.2. The first-order valence-electron chi connectivity index (χ1n) is 8.95. The number of rotatable bonds is 9. The van der Waals surface area contributed by atoms with E-state index in [1.165, 1.54) is 0 Å². The van der Waals surface area contributed by atoms with Crippen LogP contribution in [-0.4, -0.2) is 32.4 Å². The van der Waals surface area contributed by atoms with Gasteiger partial charge in [-0.3, -0.25) is 4.79 Å². The number of hydrogen-bond donors (Lipinski definition) is 1. The van der Waals surface area contributed by atoms with Crippen LogP contribution in [0, 0.1) is 0 Å². The Kier molecular flexibility index (Phi) is 7.67. The Balaban J connectivity index is 2.13. The number of ether oxygens (including phenoxy) is 3. The Hall–Kier alpha value is -3.02. The summed E-state index contributed by atoms with van der Waals surface area (Å²) in [5, 5.41) is 4.29. The van der Waals surface area contributed by atoms with Crippen molar-refractivity contribution in [3.8, 4) is 17.2 Å². The maximum absolute atomic E-state index is 12.4. The topological polar surface area (TPSA) is 69.2 Å². The standard InChI is InChI=1S/C21H26N2O4/c1-5-13-27-16-9-7-15(8-10-16)21(24)23-22-19(6-2)18-12-11-17(25-3)14-20(18)26-4/h7-12,14H,5-6,13H2,1-4H3,(H,23,24)/b22-19+. The van der Waals surface area contributed by atoms with Crippen molar-refractivity contribution in [3.05, 3.63) is 53.6 Å². The molecule has 0 unspecified atom stereocenters. The largest absolute Gasteiger partial charge is 0.497 e. The second-order valence-electron chi connectivity index (χ2n) is 5.79. The Morgan fingerprint density at radius 2 is 1.70 bits per heavy atom. The number of hydrogen-bond acceptors (Lipinski definition) is 5. The molecule has 27 heavy (non-hydrogen) atoms. The fraction of sp³-hybridized carbons (Fsp3) is 0.333. The van der Waals surface area contributed by atoms with Crippen LogP contribution in [0.5, 0.6) is 17.2 Å². The molecule has 2 rings (SSSR count). The molecule has 1 amide bonds. The SMILES string of the molecule is CCCOc1ccc(C(=O)N/N=C(\CC)c2ccc(OC)cc2OC)cc1. The first-order valence-corrected chi connectivity index (χ1v) is 8.95. The molecule has 0 aromatic heterocycles. The van der Waals surface area contributed by atoms with Gasteiger partial charge in [-0.25, -0.2) is 5.43 Å². The first kappa shape index (κ1) is 20.3. The van der Waals surface area contributed by atoms with Crippen molar-refractivity contribution in [1.29, 1.82) is 0 Å². The molecule has 0 atom stereocenters. The van der Waals surface area contributed by atoms with Gasteiger partial charge in [0.1, 0.15) is 17.2 Å². The minimum atomic E-state index is -0.282. The number of carbonyl (C=O) groups excluding carboxylic acids is 1. The Bertz CT molecular complexity index is 785. The van der Waals surface area contributed by atoms with Gasteiger partial charge in [0.15, 0.2) is 0 Å². The molecular weight excluding hydrogens is 344 g/mol. The number of nitrogens with zero attached hydrogens (tertiary/aromatic N) is 1. The third-order valence-electron chi connectivity index (χ3n) is 3.94. The van der Waals surface area contributed by atoms with Gasteiger partial charge in [-0.2, -0.15) is 5.10 Å². The third-order valence-corrected chi connectivity index (χ3v) is 3.94. The molecule has 0 fully saturated rings. The summed E-state index contributed by atoms with van der Waals surface area (Å²) < 4.78 is 16.2. The molecule has 0 radical (unpaired) electrons. The molecule has 0 saturated heterocycles. The van der Waals surface area contributed by atoms with E-state index in [0.29, 0.717) is 35.8 Å². The monoisotopic (exact) mass is 370 g/mol. The van der Waals surface area contributed by atoms with Crippen molar-refractivity contribution >= 4 is 11.6 Å². The van der Waals surface area contributed by atoms with Crippen LogP contribution in [0.25, 0.3) is 0 Å². The lowest BCUT2D eigenvalue weighted by Crippen LogP contribution is -2.20. The molecule has 1 N–H and O–H groups in total. The summed E-state index contributed by atoms with van der Waals surface area (Å²) in [4.78, 5) is 12.4. The molecule has 2 aromatic carbocycles. The normalized spacial score (nSPS) is 11.0. The molecule has 0 aliphatic carbocycles. The fourth-order valence-corrected chi connectivity index (χ4v) is 2.47. The smallest absolute Gasteiger partial charge is 0.271 e. The number of amides is 1. The van der Waals surface area contributed by atoms with E-state index in [1.807, 2.05) is 26.0 Å². The number of carbonyl (C=O) groups is 1. The van der Waals surface area contributed by atoms with E-state index in [2.05, 4.69) is 10.5 Å². The van der Waals surface area contributed by atoms with Crippen LogP contribution in [0.1, 0.15) is 42.6 Å². The minimum absolute atomic E-state index is 0.282. The fourth-order valence-electron chi connectivity index (χ4n) is 2.47. The summed E-state index contributed by atoms with van der Waals surface area (Å²) in [5.74, 6) is 1.80. The number of benzene rings is 2. The summed E-state index contributed by atoms with van der Waals surface area (Å²) in [6.07, 6.45) is 1.57. The van der Waals surface area contributed by atoms with Crippen LogP contribution in [0.4, 0.5) is 0 Å². The van der Waals surface area contributed by atoms with Crippen LogP contribution >= 0.6 is 0 Å². The summed E-state index contributed by atoms with van der Waals surface area (Å²) in [6.45, 7) is 4.66. The van der Waals surface area contributed by atoms with Crippen LogP contribution < -0.4 is 19.6 Å². The van der Waals surface area contributed by atoms with E-state index >= 15 is 0 Å². The lowest BCUT2D eigenvalue weighted by atomic mass is 10.1. The second kappa shape index (κ2) is 10.2. The van der Waals surface area contributed by atoms with Crippen molar-refractivity contribution in [2.75, 3.05) is 20.8 Å². The maximum atomic E-state index is 12.4. The summed E-state index contributed by atoms with van der Waals surface area (Å²) >= 11 is 0. The molecule has 0 spiro atoms. The molecule has 0 heterocycles. The molecule has 144 valence electrons. The maximum Gasteiger partial charge on any atom is 0.271 e. The van der Waals surface area contributed by atoms with Gasteiger partial charge in [-0.1, -0.05) is 13.8 Å². The highest BCUT2D eigenvalue weighted by atomic mass is 16.5. The predicted octanol–water partition coefficient (Wildman–Crippen LogP) is 4.04. The molecule has 0 bridgehead atoms. The van der Waals surface area contributed by atoms with E-state index in [0.717, 1.165) is 17.7 Å². The number of nitrogens with one attached hydrogen (secondary N) is 1. The quantitative estimate of drug-likeness (QED) is 0.534. The Morgan fingerprint density at radius 3 is 2.30 bits per heavy atom. The number of hydrazone groups is 1. The minimum Gasteiger partial charge on any atom is -0.497 e. The molecule has 0 saturated carbocycles. The van der Waals surface area contributed by atoms with Gasteiger partial charge in [0.05, 0.1) is 26.5 Å². The lowest BCUT2D eigenvalue weighted by molar-refractivity contribution is 0.0954. The van der Waals surface area contributed by atoms with Crippen molar-refractivity contribution in [3.63, 3.8) is 0 Å². The summed E-state index contributed by atoms with van der Waals surface area (Å²) in [5.41, 5.74) is 4.65. The van der Waals surface area contributed by atoms with Crippen LogP contribution in [0.2, 0.25) is 0 Å². The van der Waals surface area contributed by atoms with E-state index in [1.54, 1.807) is 44.6 Å². The zero-order valence-corrected chi connectivity index (χ0v) is 16.2. The predicted molar refractivity (Wildman–Crippen MR) is 106 cm³/mol. The van der Waals surface area contributed by atoms with E-state index in [4.69, 9.17) is 14.2 Å². The van der Waals surface area contributed by atoms with Crippen molar-refractivity contribution in [2.45, 2.75) is 26.7 Å². The Morgan fingerprint density at radius 1 is 1.00 bits per heavy atom. The third kappa shape index (κ3) is 5.48. The molecule has 6 nitrogen and oxygen atoms in total. The van der Waals surface area contributed by atoms with E-state index in [9.17, 15) is 4.79 Å². The average Bonchev–Trinajstić information content (AvgIpc) is 2.72. The average molecular weight is 370 g/mol. The highest BCUT2D eigenvalue weighted by Crippen LogP contribution is 2.26. The van der Waals surface area contributed by atoms with Crippen LogP contribution in [0.3, 0.4) is 0 Å². The molecule has 0 aliphatic heterocycles. The molecular formula is C21H26N2O4. The van der Waals surface area contributed by atoms with Gasteiger partial charge in [0, 0.05) is 17.2 Å². The zero-order chi connectivity index (χ0) is 19.6. The van der Waals surface area contributed by atoms with Crippen LogP contribution in [-0.2, 0) is 0 Å². The molecule has 2 aromatic rings. The van der Waals surface area contributed by atoms with Gasteiger partial charge in [-0.05, 0) is 49.2 Å². The van der Waals surface area contributed by atoms with Crippen molar-refractivity contribution in [2.24, 2.45) is 5.10 Å². The van der Waals surface area contributed by atoms with Crippen LogP contribution in [0.15, 0.2) is 47.6 Å². The van der Waals surface area contributed by atoms with Gasteiger partial charge in [-0.15, -0.1) is 0 Å². The molecule has 0 aliphatic rings. The highest BCUT2D eigenvalue weighted by Gasteiger charge is 2.12. The van der Waals surface area contributed by atoms with Gasteiger partial charge in [0.25, 0.3) is 5.91 Å². The van der Waals surface area contributed by atoms with Gasteiger partial charge in [0.2, 0.25) is 0 Å². The molecule has 6 heteroatoms. The summed E-state index contributed by atoms with van der Waals surface area (Å²) in [6, 6.07) is 12.5.